The number of benzene rings is 2. The molecule has 1 aromatic heterocycles. The Morgan fingerprint density at radius 2 is 1.87 bits per heavy atom. The quantitative estimate of drug-likeness (QED) is 0.540. The lowest BCUT2D eigenvalue weighted by Crippen LogP contribution is -2.48. The molecule has 1 aliphatic rings. The molecule has 2 heterocycles. The van der Waals surface area contributed by atoms with Crippen LogP contribution in [0, 0.1) is 5.82 Å². The molecule has 0 radical (unpaired) electrons. The fourth-order valence-electron chi connectivity index (χ4n) is 2.93. The molecule has 1 aliphatic heterocycles. The summed E-state index contributed by atoms with van der Waals surface area (Å²) >= 11 is 5.65. The smallest absolute Gasteiger partial charge is 0.339 e. The first-order valence-electron chi connectivity index (χ1n) is 8.52. The van der Waals surface area contributed by atoms with Crippen molar-refractivity contribution in [3.05, 3.63) is 64.8 Å². The van der Waals surface area contributed by atoms with E-state index in [1.54, 1.807) is 0 Å². The van der Waals surface area contributed by atoms with E-state index in [4.69, 9.17) is 16.1 Å². The molecule has 0 bridgehead atoms. The molecule has 158 valence electrons. The van der Waals surface area contributed by atoms with Crippen LogP contribution in [0.4, 0.5) is 17.6 Å². The Bertz CT molecular complexity index is 1210. The Labute approximate surface area is 173 Å². The standard InChI is InChI=1S/C18H12ClF4N3O3S/c19-14-7-13(4-5-15(14)20)30(27,28)26-8-11(9-26)17-24-16(25-29-17)10-2-1-3-12(6-10)18(21,22)23/h1-7,11H,8-9H2. The van der Waals surface area contributed by atoms with E-state index in [2.05, 4.69) is 10.1 Å². The minimum absolute atomic E-state index is 0.0253. The lowest BCUT2D eigenvalue weighted by Gasteiger charge is -2.35. The highest BCUT2D eigenvalue weighted by Gasteiger charge is 2.40. The van der Waals surface area contributed by atoms with Crippen molar-refractivity contribution in [2.45, 2.75) is 17.0 Å². The van der Waals surface area contributed by atoms with E-state index in [0.717, 1.165) is 34.6 Å². The second-order valence-electron chi connectivity index (χ2n) is 6.63. The van der Waals surface area contributed by atoms with Crippen molar-refractivity contribution >= 4 is 21.6 Å². The molecule has 0 aliphatic carbocycles. The average Bonchev–Trinajstić information content (AvgIpc) is 3.11. The van der Waals surface area contributed by atoms with Crippen molar-refractivity contribution in [1.29, 1.82) is 0 Å². The molecule has 0 N–H and O–H groups in total. The Morgan fingerprint density at radius 1 is 1.13 bits per heavy atom. The molecule has 30 heavy (non-hydrogen) atoms. The number of hydrogen-bond acceptors (Lipinski definition) is 5. The summed E-state index contributed by atoms with van der Waals surface area (Å²) in [5, 5.41) is 3.39. The molecule has 12 heteroatoms. The highest BCUT2D eigenvalue weighted by Crippen LogP contribution is 2.34. The van der Waals surface area contributed by atoms with Gasteiger partial charge in [0, 0.05) is 18.7 Å². The van der Waals surface area contributed by atoms with Crippen LogP contribution < -0.4 is 0 Å². The Morgan fingerprint density at radius 3 is 2.53 bits per heavy atom. The first kappa shape index (κ1) is 20.8. The minimum atomic E-state index is -4.51. The van der Waals surface area contributed by atoms with Crippen LogP contribution >= 0.6 is 11.6 Å². The monoisotopic (exact) mass is 461 g/mol. The third-order valence-electron chi connectivity index (χ3n) is 4.62. The molecule has 1 fully saturated rings. The van der Waals surface area contributed by atoms with Gasteiger partial charge in [-0.25, -0.2) is 12.8 Å². The maximum Gasteiger partial charge on any atom is 0.416 e. The van der Waals surface area contributed by atoms with Gasteiger partial charge in [-0.1, -0.05) is 28.9 Å². The number of nitrogens with zero attached hydrogens (tertiary/aromatic N) is 3. The van der Waals surface area contributed by atoms with E-state index >= 15 is 0 Å². The Kier molecular flexibility index (Phi) is 5.07. The van der Waals surface area contributed by atoms with Crippen molar-refractivity contribution < 1.29 is 30.5 Å². The van der Waals surface area contributed by atoms with Crippen LogP contribution in [0.15, 0.2) is 51.9 Å². The molecule has 6 nitrogen and oxygen atoms in total. The van der Waals surface area contributed by atoms with Crippen LogP contribution in [0.1, 0.15) is 17.4 Å². The third kappa shape index (κ3) is 3.80. The van der Waals surface area contributed by atoms with Gasteiger partial charge < -0.3 is 4.52 Å². The van der Waals surface area contributed by atoms with Crippen molar-refractivity contribution in [3.8, 4) is 11.4 Å². The van der Waals surface area contributed by atoms with Gasteiger partial charge in [-0.2, -0.15) is 22.5 Å². The molecule has 0 amide bonds. The second kappa shape index (κ2) is 7.33. The summed E-state index contributed by atoms with van der Waals surface area (Å²) in [7, 11) is -3.88. The maximum atomic E-state index is 13.3. The maximum absolute atomic E-state index is 13.3. The normalized spacial score (nSPS) is 15.9. The lowest BCUT2D eigenvalue weighted by molar-refractivity contribution is -0.137. The van der Waals surface area contributed by atoms with Crippen LogP contribution in [-0.2, 0) is 16.2 Å². The van der Waals surface area contributed by atoms with Crippen molar-refractivity contribution in [1.82, 2.24) is 14.4 Å². The van der Waals surface area contributed by atoms with E-state index < -0.39 is 33.5 Å². The first-order valence-corrected chi connectivity index (χ1v) is 10.3. The molecular weight excluding hydrogens is 450 g/mol. The fraction of sp³-hybridized carbons (Fsp3) is 0.222. The highest BCUT2D eigenvalue weighted by atomic mass is 35.5. The third-order valence-corrected chi connectivity index (χ3v) is 6.73. The Hall–Kier alpha value is -2.50. The number of hydrogen-bond donors (Lipinski definition) is 0. The van der Waals surface area contributed by atoms with E-state index in [1.807, 2.05) is 0 Å². The molecule has 0 unspecified atom stereocenters. The van der Waals surface area contributed by atoms with Crippen molar-refractivity contribution in [2.75, 3.05) is 13.1 Å². The molecule has 2 aromatic carbocycles. The van der Waals surface area contributed by atoms with E-state index in [1.165, 1.54) is 12.1 Å². The van der Waals surface area contributed by atoms with Gasteiger partial charge in [0.2, 0.25) is 21.7 Å². The summed E-state index contributed by atoms with van der Waals surface area (Å²) < 4.78 is 83.3. The molecule has 0 saturated carbocycles. The summed E-state index contributed by atoms with van der Waals surface area (Å²) in [5.41, 5.74) is -0.713. The lowest BCUT2D eigenvalue weighted by atomic mass is 10.0. The van der Waals surface area contributed by atoms with Crippen LogP contribution in [0.2, 0.25) is 5.02 Å². The molecule has 0 spiro atoms. The predicted molar refractivity (Wildman–Crippen MR) is 97.6 cm³/mol. The van der Waals surface area contributed by atoms with Gasteiger partial charge in [-0.05, 0) is 30.3 Å². The number of halogens is 5. The van der Waals surface area contributed by atoms with E-state index in [-0.39, 0.29) is 40.3 Å². The van der Waals surface area contributed by atoms with Crippen LogP contribution in [-0.4, -0.2) is 36.0 Å². The zero-order valence-electron chi connectivity index (χ0n) is 14.9. The van der Waals surface area contributed by atoms with Gasteiger partial charge in [0.15, 0.2) is 0 Å². The molecular formula is C18H12ClF4N3O3S. The van der Waals surface area contributed by atoms with Crippen molar-refractivity contribution in [3.63, 3.8) is 0 Å². The zero-order chi connectivity index (χ0) is 21.7. The first-order chi connectivity index (χ1) is 14.1. The summed E-state index contributed by atoms with van der Waals surface area (Å²) in [6, 6.07) is 7.59. The molecule has 4 rings (SSSR count). The predicted octanol–water partition coefficient (Wildman–Crippen LogP) is 4.34. The average molecular weight is 462 g/mol. The van der Waals surface area contributed by atoms with Gasteiger partial charge in [0.1, 0.15) is 5.82 Å². The number of rotatable bonds is 4. The summed E-state index contributed by atoms with van der Waals surface area (Å²) in [6.07, 6.45) is -4.51. The molecule has 1 saturated heterocycles. The topological polar surface area (TPSA) is 76.3 Å². The summed E-state index contributed by atoms with van der Waals surface area (Å²) in [6.45, 7) is 0.0586. The number of aromatic nitrogens is 2. The van der Waals surface area contributed by atoms with Gasteiger partial charge in [0.25, 0.3) is 0 Å². The van der Waals surface area contributed by atoms with E-state index in [0.29, 0.717) is 0 Å². The minimum Gasteiger partial charge on any atom is -0.339 e. The largest absolute Gasteiger partial charge is 0.416 e. The van der Waals surface area contributed by atoms with Gasteiger partial charge >= 0.3 is 6.18 Å². The molecule has 3 aromatic rings. The number of alkyl halides is 3. The van der Waals surface area contributed by atoms with Crippen LogP contribution in [0.3, 0.4) is 0 Å². The summed E-state index contributed by atoms with van der Waals surface area (Å²) in [4.78, 5) is 3.95. The van der Waals surface area contributed by atoms with Crippen LogP contribution in [0.25, 0.3) is 11.4 Å². The summed E-state index contributed by atoms with van der Waals surface area (Å²) in [5.74, 6) is -1.05. The van der Waals surface area contributed by atoms with Crippen molar-refractivity contribution in [2.24, 2.45) is 0 Å². The second-order valence-corrected chi connectivity index (χ2v) is 8.97. The molecule has 0 atom stereocenters. The fourth-order valence-corrected chi connectivity index (χ4v) is 4.73. The zero-order valence-corrected chi connectivity index (χ0v) is 16.5. The van der Waals surface area contributed by atoms with Gasteiger partial charge in [-0.3, -0.25) is 0 Å². The number of sulfonamides is 1. The highest BCUT2D eigenvalue weighted by molar-refractivity contribution is 7.89. The SMILES string of the molecule is O=S(=O)(c1ccc(F)c(Cl)c1)N1CC(c2nc(-c3cccc(C(F)(F)F)c3)no2)C1. The Balaban J connectivity index is 1.49. The van der Waals surface area contributed by atoms with Gasteiger partial charge in [-0.15, -0.1) is 0 Å². The van der Waals surface area contributed by atoms with Crippen LogP contribution in [0.5, 0.6) is 0 Å². The van der Waals surface area contributed by atoms with Gasteiger partial charge in [0.05, 0.1) is 21.4 Å². The van der Waals surface area contributed by atoms with E-state index in [9.17, 15) is 26.0 Å².